The molecule has 0 spiro atoms. The molecule has 138 valence electrons. The molecule has 0 radical (unpaired) electrons. The van der Waals surface area contributed by atoms with Gasteiger partial charge in [-0.1, -0.05) is 6.92 Å². The van der Waals surface area contributed by atoms with Gasteiger partial charge in [0, 0.05) is 24.1 Å². The fourth-order valence-corrected chi connectivity index (χ4v) is 3.53. The number of nitrogens with zero attached hydrogens (tertiary/aromatic N) is 3. The van der Waals surface area contributed by atoms with E-state index >= 15 is 0 Å². The van der Waals surface area contributed by atoms with E-state index in [4.69, 9.17) is 4.74 Å². The monoisotopic (exact) mass is 357 g/mol. The van der Waals surface area contributed by atoms with Crippen molar-refractivity contribution in [2.24, 2.45) is 0 Å². The summed E-state index contributed by atoms with van der Waals surface area (Å²) in [4.78, 5) is 15.0. The summed E-state index contributed by atoms with van der Waals surface area (Å²) in [6.45, 7) is 5.50. The average molecular weight is 357 g/mol. The van der Waals surface area contributed by atoms with E-state index in [0.717, 1.165) is 25.0 Å². The number of amides is 1. The largest absolute Gasteiger partial charge is 0.491 e. The second-order valence-electron chi connectivity index (χ2n) is 7.25. The number of ether oxygens (including phenoxy) is 1. The number of fused-ring (bicyclic) bond motifs is 1. The zero-order valence-electron chi connectivity index (χ0n) is 15.2. The van der Waals surface area contributed by atoms with Crippen LogP contribution in [-0.4, -0.2) is 33.7 Å². The summed E-state index contributed by atoms with van der Waals surface area (Å²) in [7, 11) is 0. The zero-order valence-corrected chi connectivity index (χ0v) is 15.2. The van der Waals surface area contributed by atoms with Gasteiger partial charge in [0.25, 0.3) is 5.91 Å². The lowest BCUT2D eigenvalue weighted by Gasteiger charge is -2.21. The highest BCUT2D eigenvalue weighted by Gasteiger charge is 2.35. The van der Waals surface area contributed by atoms with Crippen LogP contribution in [0.25, 0.3) is 0 Å². The highest BCUT2D eigenvalue weighted by molar-refractivity contribution is 5.95. The number of carbonyl (C=O) groups excluding carboxylic acids is 1. The van der Waals surface area contributed by atoms with Crippen LogP contribution in [0.3, 0.4) is 0 Å². The molecule has 1 amide bonds. The molecule has 1 aromatic carbocycles. The van der Waals surface area contributed by atoms with Crippen LogP contribution < -0.4 is 4.74 Å². The maximum absolute atomic E-state index is 13.6. The molecule has 0 unspecified atom stereocenters. The lowest BCUT2D eigenvalue weighted by atomic mass is 10.1. The van der Waals surface area contributed by atoms with Crippen LogP contribution in [0.5, 0.6) is 5.75 Å². The normalized spacial score (nSPS) is 18.0. The zero-order chi connectivity index (χ0) is 18.3. The Bertz CT molecular complexity index is 828. The Morgan fingerprint density at radius 2 is 2.23 bits per heavy atom. The Balaban J connectivity index is 1.64. The van der Waals surface area contributed by atoms with E-state index in [9.17, 15) is 9.18 Å². The maximum atomic E-state index is 13.6. The Kier molecular flexibility index (Phi) is 4.42. The molecule has 26 heavy (non-hydrogen) atoms. The van der Waals surface area contributed by atoms with Gasteiger partial charge in [-0.25, -0.2) is 4.39 Å². The van der Waals surface area contributed by atoms with Crippen molar-refractivity contribution in [2.45, 2.75) is 51.6 Å². The first-order chi connectivity index (χ1) is 12.6. The molecular formula is C20H24FN3O2. The Labute approximate surface area is 152 Å². The summed E-state index contributed by atoms with van der Waals surface area (Å²) in [6.07, 6.45) is 4.90. The number of aromatic nitrogens is 2. The molecule has 0 N–H and O–H groups in total. The predicted octanol–water partition coefficient (Wildman–Crippen LogP) is 3.91. The number of hydrogen-bond acceptors (Lipinski definition) is 3. The minimum atomic E-state index is -0.315. The molecule has 1 atom stereocenters. The summed E-state index contributed by atoms with van der Waals surface area (Å²) >= 11 is 0. The first-order valence-corrected chi connectivity index (χ1v) is 9.36. The summed E-state index contributed by atoms with van der Waals surface area (Å²) in [5, 5.41) is 4.52. The van der Waals surface area contributed by atoms with Crippen molar-refractivity contribution in [3.8, 4) is 5.75 Å². The molecule has 6 heteroatoms. The Morgan fingerprint density at radius 3 is 2.96 bits per heavy atom. The minimum Gasteiger partial charge on any atom is -0.491 e. The van der Waals surface area contributed by atoms with Gasteiger partial charge in [-0.3, -0.25) is 9.48 Å². The smallest absolute Gasteiger partial charge is 0.257 e. The summed E-state index contributed by atoms with van der Waals surface area (Å²) in [5.41, 5.74) is 2.46. The maximum Gasteiger partial charge on any atom is 0.257 e. The van der Waals surface area contributed by atoms with Gasteiger partial charge < -0.3 is 9.64 Å². The van der Waals surface area contributed by atoms with Gasteiger partial charge in [0.05, 0.1) is 24.0 Å². The molecule has 0 bridgehead atoms. The number of hydrogen-bond donors (Lipinski definition) is 0. The third kappa shape index (κ3) is 3.08. The topological polar surface area (TPSA) is 47.4 Å². The highest BCUT2D eigenvalue weighted by Crippen LogP contribution is 2.43. The van der Waals surface area contributed by atoms with Crippen LogP contribution in [0.15, 0.2) is 24.4 Å². The van der Waals surface area contributed by atoms with E-state index in [1.807, 2.05) is 4.68 Å². The predicted molar refractivity (Wildman–Crippen MR) is 95.8 cm³/mol. The van der Waals surface area contributed by atoms with Gasteiger partial charge in [0.15, 0.2) is 0 Å². The molecule has 1 aromatic heterocycles. The highest BCUT2D eigenvalue weighted by atomic mass is 19.1. The van der Waals surface area contributed by atoms with Crippen molar-refractivity contribution < 1.29 is 13.9 Å². The average Bonchev–Trinajstić information content (AvgIpc) is 3.42. The molecule has 1 saturated carbocycles. The third-order valence-corrected chi connectivity index (χ3v) is 5.33. The molecule has 2 heterocycles. The first kappa shape index (κ1) is 17.1. The second-order valence-corrected chi connectivity index (χ2v) is 7.25. The molecule has 0 saturated heterocycles. The second kappa shape index (κ2) is 6.74. The van der Waals surface area contributed by atoms with Gasteiger partial charge >= 0.3 is 0 Å². The van der Waals surface area contributed by atoms with E-state index in [0.29, 0.717) is 42.5 Å². The quantitative estimate of drug-likeness (QED) is 0.834. The lowest BCUT2D eigenvalue weighted by molar-refractivity contribution is 0.0731. The van der Waals surface area contributed by atoms with E-state index in [1.165, 1.54) is 12.1 Å². The van der Waals surface area contributed by atoms with Crippen LogP contribution in [0.1, 0.15) is 66.7 Å². The molecule has 1 aliphatic heterocycles. The standard InChI is InChI=1S/C20H24FN3O2/c1-3-13(2)24-19(14-4-5-14)17(11-22-24)20(25)23-8-9-26-18-7-6-16(21)10-15(18)12-23/h6-7,10-11,13-14H,3-5,8-9,12H2,1-2H3/t13-/m0/s1. The van der Waals surface area contributed by atoms with Crippen LogP contribution in [0.4, 0.5) is 4.39 Å². The fourth-order valence-electron chi connectivity index (χ4n) is 3.53. The van der Waals surface area contributed by atoms with Gasteiger partial charge in [-0.15, -0.1) is 0 Å². The van der Waals surface area contributed by atoms with Gasteiger partial charge in [-0.05, 0) is 44.4 Å². The van der Waals surface area contributed by atoms with Crippen molar-refractivity contribution in [1.82, 2.24) is 14.7 Å². The van der Waals surface area contributed by atoms with E-state index in [2.05, 4.69) is 18.9 Å². The molecular weight excluding hydrogens is 333 g/mol. The minimum absolute atomic E-state index is 0.0397. The summed E-state index contributed by atoms with van der Waals surface area (Å²) < 4.78 is 21.3. The van der Waals surface area contributed by atoms with E-state index < -0.39 is 0 Å². The Hall–Kier alpha value is -2.37. The number of carbonyl (C=O) groups is 1. The molecule has 2 aromatic rings. The molecule has 4 rings (SSSR count). The Morgan fingerprint density at radius 1 is 1.42 bits per heavy atom. The van der Waals surface area contributed by atoms with Crippen LogP contribution in [0.2, 0.25) is 0 Å². The number of rotatable bonds is 4. The van der Waals surface area contributed by atoms with Crippen LogP contribution in [-0.2, 0) is 6.54 Å². The van der Waals surface area contributed by atoms with Gasteiger partial charge in [0.2, 0.25) is 0 Å². The SMILES string of the molecule is CC[C@H](C)n1ncc(C(=O)N2CCOc3ccc(F)cc3C2)c1C1CC1. The molecule has 1 fully saturated rings. The number of halogens is 1. The molecule has 1 aliphatic carbocycles. The lowest BCUT2D eigenvalue weighted by Crippen LogP contribution is -2.33. The fraction of sp³-hybridized carbons (Fsp3) is 0.500. The van der Waals surface area contributed by atoms with Gasteiger partial charge in [-0.2, -0.15) is 5.10 Å². The van der Waals surface area contributed by atoms with E-state index in [1.54, 1.807) is 17.2 Å². The van der Waals surface area contributed by atoms with Crippen molar-refractivity contribution in [3.05, 3.63) is 47.0 Å². The van der Waals surface area contributed by atoms with Gasteiger partial charge in [0.1, 0.15) is 18.2 Å². The van der Waals surface area contributed by atoms with E-state index in [-0.39, 0.29) is 17.8 Å². The number of benzene rings is 1. The third-order valence-electron chi connectivity index (χ3n) is 5.33. The van der Waals surface area contributed by atoms with Crippen molar-refractivity contribution in [2.75, 3.05) is 13.2 Å². The van der Waals surface area contributed by atoms with Crippen LogP contribution >= 0.6 is 0 Å². The van der Waals surface area contributed by atoms with Crippen molar-refractivity contribution >= 4 is 5.91 Å². The molecule has 5 nitrogen and oxygen atoms in total. The van der Waals surface area contributed by atoms with Crippen LogP contribution in [0, 0.1) is 5.82 Å². The van der Waals surface area contributed by atoms with Crippen molar-refractivity contribution in [1.29, 1.82) is 0 Å². The summed E-state index contributed by atoms with van der Waals surface area (Å²) in [6, 6.07) is 4.74. The molecule has 2 aliphatic rings. The first-order valence-electron chi connectivity index (χ1n) is 9.36. The summed E-state index contributed by atoms with van der Waals surface area (Å²) in [5.74, 6) is 0.727. The van der Waals surface area contributed by atoms with Crippen molar-refractivity contribution in [3.63, 3.8) is 0 Å².